The number of fused-ring (bicyclic) bond motifs is 3. The van der Waals surface area contributed by atoms with Crippen molar-refractivity contribution < 1.29 is 9.53 Å². The number of ether oxygens (including phenoxy) is 1. The Hall–Kier alpha value is -2.33. The van der Waals surface area contributed by atoms with Gasteiger partial charge in [0.25, 0.3) is 0 Å². The summed E-state index contributed by atoms with van der Waals surface area (Å²) in [4.78, 5) is 12.1. The number of rotatable bonds is 7. The van der Waals surface area contributed by atoms with E-state index in [-0.39, 0.29) is 12.0 Å². The van der Waals surface area contributed by atoms with Crippen LogP contribution >= 0.6 is 0 Å². The van der Waals surface area contributed by atoms with Gasteiger partial charge in [-0.25, -0.2) is 4.79 Å². The van der Waals surface area contributed by atoms with Gasteiger partial charge in [-0.3, -0.25) is 0 Å². The van der Waals surface area contributed by atoms with Crippen LogP contribution in [0.3, 0.4) is 0 Å². The second kappa shape index (κ2) is 9.24. The number of nitrogens with one attached hydrogen (secondary N) is 2. The third-order valence-electron chi connectivity index (χ3n) is 6.11. The van der Waals surface area contributed by atoms with Crippen molar-refractivity contribution in [3.05, 3.63) is 59.7 Å². The van der Waals surface area contributed by atoms with Gasteiger partial charge in [-0.05, 0) is 60.5 Å². The van der Waals surface area contributed by atoms with Gasteiger partial charge in [0.05, 0.1) is 0 Å². The number of unbranched alkanes of at least 4 members (excludes halogenated alkanes) is 1. The van der Waals surface area contributed by atoms with Crippen LogP contribution in [0.4, 0.5) is 4.79 Å². The number of carbonyl (C=O) groups is 1. The molecular weight excluding hydrogens is 348 g/mol. The van der Waals surface area contributed by atoms with Gasteiger partial charge < -0.3 is 15.4 Å². The van der Waals surface area contributed by atoms with E-state index < -0.39 is 0 Å². The molecule has 1 aliphatic carbocycles. The molecule has 1 aliphatic heterocycles. The van der Waals surface area contributed by atoms with Crippen LogP contribution in [0.1, 0.15) is 49.1 Å². The summed E-state index contributed by atoms with van der Waals surface area (Å²) in [6.45, 7) is 3.39. The summed E-state index contributed by atoms with van der Waals surface area (Å²) >= 11 is 0. The zero-order valence-electron chi connectivity index (χ0n) is 16.5. The minimum Gasteiger partial charge on any atom is -0.449 e. The third kappa shape index (κ3) is 4.39. The highest BCUT2D eigenvalue weighted by Crippen LogP contribution is 2.44. The van der Waals surface area contributed by atoms with E-state index >= 15 is 0 Å². The first-order valence-electron chi connectivity index (χ1n) is 10.6. The van der Waals surface area contributed by atoms with E-state index in [4.69, 9.17) is 4.74 Å². The number of hydrogen-bond acceptors (Lipinski definition) is 3. The van der Waals surface area contributed by atoms with Crippen molar-refractivity contribution in [1.82, 2.24) is 10.6 Å². The second-order valence-electron chi connectivity index (χ2n) is 7.94. The van der Waals surface area contributed by atoms with Crippen molar-refractivity contribution in [3.63, 3.8) is 0 Å². The van der Waals surface area contributed by atoms with E-state index in [9.17, 15) is 4.79 Å². The maximum absolute atomic E-state index is 12.1. The van der Waals surface area contributed by atoms with Gasteiger partial charge >= 0.3 is 6.09 Å². The Morgan fingerprint density at radius 2 is 1.61 bits per heavy atom. The Balaban J connectivity index is 1.22. The van der Waals surface area contributed by atoms with Gasteiger partial charge in [-0.1, -0.05) is 61.4 Å². The molecule has 2 aromatic rings. The molecule has 0 aromatic heterocycles. The predicted molar refractivity (Wildman–Crippen MR) is 113 cm³/mol. The van der Waals surface area contributed by atoms with E-state index in [1.807, 2.05) is 0 Å². The number of benzene rings is 2. The lowest BCUT2D eigenvalue weighted by molar-refractivity contribution is 0.143. The fourth-order valence-corrected chi connectivity index (χ4v) is 4.57. The number of alkyl carbamates (subject to hydrolysis) is 1. The highest BCUT2D eigenvalue weighted by molar-refractivity contribution is 5.79. The van der Waals surface area contributed by atoms with E-state index in [1.54, 1.807) is 0 Å². The Labute approximate surface area is 167 Å². The summed E-state index contributed by atoms with van der Waals surface area (Å²) in [7, 11) is 0. The fourth-order valence-electron chi connectivity index (χ4n) is 4.57. The second-order valence-corrected chi connectivity index (χ2v) is 7.94. The molecule has 4 heteroatoms. The van der Waals surface area contributed by atoms with E-state index in [0.717, 1.165) is 25.4 Å². The van der Waals surface area contributed by atoms with Gasteiger partial charge in [-0.15, -0.1) is 0 Å². The summed E-state index contributed by atoms with van der Waals surface area (Å²) in [5.74, 6) is 0.980. The fraction of sp³-hybridized carbons (Fsp3) is 0.458. The molecule has 0 unspecified atom stereocenters. The molecule has 1 saturated heterocycles. The van der Waals surface area contributed by atoms with E-state index in [2.05, 4.69) is 59.2 Å². The molecule has 148 valence electrons. The van der Waals surface area contributed by atoms with Crippen LogP contribution < -0.4 is 10.6 Å². The van der Waals surface area contributed by atoms with Crippen molar-refractivity contribution in [2.45, 2.75) is 38.0 Å². The first kappa shape index (κ1) is 19.0. The maximum atomic E-state index is 12.1. The first-order chi connectivity index (χ1) is 13.8. The molecule has 1 fully saturated rings. The molecule has 0 bridgehead atoms. The highest BCUT2D eigenvalue weighted by atomic mass is 16.5. The molecule has 0 atom stereocenters. The monoisotopic (exact) mass is 378 g/mol. The van der Waals surface area contributed by atoms with Gasteiger partial charge in [0.1, 0.15) is 6.61 Å². The third-order valence-corrected chi connectivity index (χ3v) is 6.11. The number of piperidine rings is 1. The number of carbonyl (C=O) groups excluding carboxylic acids is 1. The van der Waals surface area contributed by atoms with Crippen molar-refractivity contribution in [2.75, 3.05) is 26.2 Å². The van der Waals surface area contributed by atoms with Gasteiger partial charge in [0.15, 0.2) is 0 Å². The SMILES string of the molecule is O=C(NCCCCC1CCNCC1)OCC1c2ccccc2-c2ccccc21. The molecule has 0 saturated carbocycles. The van der Waals surface area contributed by atoms with Gasteiger partial charge in [-0.2, -0.15) is 0 Å². The quantitative estimate of drug-likeness (QED) is 0.687. The summed E-state index contributed by atoms with van der Waals surface area (Å²) in [5, 5.41) is 6.33. The van der Waals surface area contributed by atoms with E-state index in [0.29, 0.717) is 13.2 Å². The summed E-state index contributed by atoms with van der Waals surface area (Å²) in [6.07, 6.45) is 5.75. The molecule has 0 radical (unpaired) electrons. The summed E-state index contributed by atoms with van der Waals surface area (Å²) in [6, 6.07) is 16.8. The number of amides is 1. The average Bonchev–Trinajstić information content (AvgIpc) is 3.07. The molecular formula is C24H30N2O2. The minimum absolute atomic E-state index is 0.123. The molecule has 1 heterocycles. The Bertz CT molecular complexity index is 753. The number of hydrogen-bond donors (Lipinski definition) is 2. The maximum Gasteiger partial charge on any atom is 0.407 e. The molecule has 28 heavy (non-hydrogen) atoms. The first-order valence-corrected chi connectivity index (χ1v) is 10.6. The smallest absolute Gasteiger partial charge is 0.407 e. The lowest BCUT2D eigenvalue weighted by Crippen LogP contribution is -2.28. The zero-order chi connectivity index (χ0) is 19.2. The largest absolute Gasteiger partial charge is 0.449 e. The molecule has 2 aliphatic rings. The topological polar surface area (TPSA) is 50.4 Å². The predicted octanol–water partition coefficient (Wildman–Crippen LogP) is 4.70. The Morgan fingerprint density at radius 1 is 0.964 bits per heavy atom. The van der Waals surface area contributed by atoms with Crippen LogP contribution in [0.2, 0.25) is 0 Å². The summed E-state index contributed by atoms with van der Waals surface area (Å²) < 4.78 is 5.58. The van der Waals surface area contributed by atoms with Crippen molar-refractivity contribution in [1.29, 1.82) is 0 Å². The van der Waals surface area contributed by atoms with Crippen molar-refractivity contribution in [2.24, 2.45) is 5.92 Å². The summed E-state index contributed by atoms with van der Waals surface area (Å²) in [5.41, 5.74) is 5.01. The lowest BCUT2D eigenvalue weighted by Gasteiger charge is -2.22. The lowest BCUT2D eigenvalue weighted by atomic mass is 9.92. The Kier molecular flexibility index (Phi) is 6.27. The van der Waals surface area contributed by atoms with Gasteiger partial charge in [0.2, 0.25) is 0 Å². The van der Waals surface area contributed by atoms with Crippen LogP contribution in [0, 0.1) is 5.92 Å². The molecule has 4 rings (SSSR count). The van der Waals surface area contributed by atoms with Crippen LogP contribution in [-0.2, 0) is 4.74 Å². The van der Waals surface area contributed by atoms with Crippen LogP contribution in [0.5, 0.6) is 0 Å². The standard InChI is InChI=1S/C24H30N2O2/c27-24(26-14-6-5-7-18-12-15-25-16-13-18)28-17-23-21-10-3-1-8-19(21)20-9-2-4-11-22(20)23/h1-4,8-11,18,23,25H,5-7,12-17H2,(H,26,27). The molecule has 1 amide bonds. The van der Waals surface area contributed by atoms with Crippen molar-refractivity contribution >= 4 is 6.09 Å². The minimum atomic E-state index is -0.302. The molecule has 0 spiro atoms. The van der Waals surface area contributed by atoms with Crippen LogP contribution in [-0.4, -0.2) is 32.3 Å². The van der Waals surface area contributed by atoms with Crippen LogP contribution in [0.15, 0.2) is 48.5 Å². The van der Waals surface area contributed by atoms with E-state index in [1.165, 1.54) is 47.9 Å². The van der Waals surface area contributed by atoms with Crippen LogP contribution in [0.25, 0.3) is 11.1 Å². The molecule has 2 N–H and O–H groups in total. The van der Waals surface area contributed by atoms with Crippen molar-refractivity contribution in [3.8, 4) is 11.1 Å². The normalized spacial score (nSPS) is 16.4. The average molecular weight is 379 g/mol. The Morgan fingerprint density at radius 3 is 2.29 bits per heavy atom. The van der Waals surface area contributed by atoms with Gasteiger partial charge in [0, 0.05) is 12.5 Å². The zero-order valence-corrected chi connectivity index (χ0v) is 16.5. The molecule has 4 nitrogen and oxygen atoms in total. The highest BCUT2D eigenvalue weighted by Gasteiger charge is 2.28. The molecule has 2 aromatic carbocycles.